The first-order chi connectivity index (χ1) is 16.8. The Morgan fingerprint density at radius 1 is 0.971 bits per heavy atom. The summed E-state index contributed by atoms with van der Waals surface area (Å²) in [4.78, 5) is 39.5. The minimum atomic E-state index is -0.743. The number of carbonyl (C=O) groups excluding carboxylic acids is 3. The van der Waals surface area contributed by atoms with Crippen LogP contribution in [0.4, 0.5) is 10.5 Å². The zero-order valence-electron chi connectivity index (χ0n) is 19.6. The van der Waals surface area contributed by atoms with Crippen molar-refractivity contribution in [1.29, 1.82) is 0 Å². The number of amides is 4. The molecule has 1 aliphatic heterocycles. The van der Waals surface area contributed by atoms with Gasteiger partial charge in [-0.2, -0.15) is 0 Å². The number of ether oxygens (including phenoxy) is 1. The van der Waals surface area contributed by atoms with Crippen LogP contribution < -0.4 is 15.0 Å². The van der Waals surface area contributed by atoms with E-state index in [1.807, 2.05) is 12.1 Å². The summed E-state index contributed by atoms with van der Waals surface area (Å²) in [7, 11) is 1.51. The fourth-order valence-corrected chi connectivity index (χ4v) is 7.53. The van der Waals surface area contributed by atoms with Crippen molar-refractivity contribution < 1.29 is 19.1 Å². The number of imide groups is 2. The molecule has 0 atom stereocenters. The predicted octanol–water partition coefficient (Wildman–Crippen LogP) is 5.48. The summed E-state index contributed by atoms with van der Waals surface area (Å²) in [5.74, 6) is 1.60. The van der Waals surface area contributed by atoms with Crippen LogP contribution >= 0.6 is 11.6 Å². The molecule has 4 bridgehead atoms. The highest BCUT2D eigenvalue weighted by atomic mass is 35.5. The number of rotatable bonds is 4. The summed E-state index contributed by atoms with van der Waals surface area (Å²) < 4.78 is 5.16. The molecule has 1 saturated heterocycles. The van der Waals surface area contributed by atoms with Crippen LogP contribution in [0.1, 0.15) is 49.7 Å². The number of nitrogens with zero attached hydrogens (tertiary/aromatic N) is 1. The topological polar surface area (TPSA) is 75.7 Å². The highest BCUT2D eigenvalue weighted by Gasteiger charge is 2.51. The van der Waals surface area contributed by atoms with E-state index < -0.39 is 17.8 Å². The maximum Gasteiger partial charge on any atom is 0.335 e. The first kappa shape index (κ1) is 22.4. The number of urea groups is 1. The van der Waals surface area contributed by atoms with Gasteiger partial charge in [-0.1, -0.05) is 29.8 Å². The third kappa shape index (κ3) is 3.75. The largest absolute Gasteiger partial charge is 0.495 e. The van der Waals surface area contributed by atoms with Crippen molar-refractivity contribution in [2.75, 3.05) is 12.0 Å². The Bertz CT molecular complexity index is 1230. The lowest BCUT2D eigenvalue weighted by atomic mass is 9.48. The van der Waals surface area contributed by atoms with E-state index in [1.165, 1.54) is 57.3 Å². The molecular formula is C28H27ClN2O4. The van der Waals surface area contributed by atoms with Crippen LogP contribution in [0.2, 0.25) is 5.02 Å². The number of methoxy groups -OCH3 is 1. The Morgan fingerprint density at radius 2 is 1.60 bits per heavy atom. The van der Waals surface area contributed by atoms with Gasteiger partial charge in [-0.15, -0.1) is 0 Å². The minimum Gasteiger partial charge on any atom is -0.495 e. The normalized spacial score (nSPS) is 30.7. The van der Waals surface area contributed by atoms with Crippen molar-refractivity contribution >= 4 is 41.2 Å². The van der Waals surface area contributed by atoms with E-state index in [0.29, 0.717) is 22.0 Å². The average Bonchev–Trinajstić information content (AvgIpc) is 2.81. The van der Waals surface area contributed by atoms with Crippen molar-refractivity contribution in [2.24, 2.45) is 17.8 Å². The fourth-order valence-electron chi connectivity index (χ4n) is 7.26. The molecule has 6 nitrogen and oxygen atoms in total. The molecule has 2 aromatic carbocycles. The molecular weight excluding hydrogens is 464 g/mol. The SMILES string of the molecule is COc1ccc(/C=C2/C(=O)NC(=O)N(c3ccc(C45CC6CC(CC(C6)C4)C5)cc3)C2=O)cc1Cl. The Kier molecular flexibility index (Phi) is 5.26. The molecule has 7 rings (SSSR count). The van der Waals surface area contributed by atoms with E-state index in [0.717, 1.165) is 22.7 Å². The number of barbiturate groups is 1. The molecule has 4 amide bonds. The smallest absolute Gasteiger partial charge is 0.335 e. The second-order valence-electron chi connectivity index (χ2n) is 10.6. The van der Waals surface area contributed by atoms with E-state index in [1.54, 1.807) is 18.2 Å². The number of hydrogen-bond acceptors (Lipinski definition) is 4. The maximum atomic E-state index is 13.3. The second-order valence-corrected chi connectivity index (χ2v) is 11.0. The van der Waals surface area contributed by atoms with Crippen LogP contribution in [0.15, 0.2) is 48.0 Å². The number of halogens is 1. The van der Waals surface area contributed by atoms with Gasteiger partial charge in [-0.3, -0.25) is 14.9 Å². The first-order valence-corrected chi connectivity index (χ1v) is 12.6. The van der Waals surface area contributed by atoms with Crippen molar-refractivity contribution in [1.82, 2.24) is 5.32 Å². The zero-order valence-corrected chi connectivity index (χ0v) is 20.3. The van der Waals surface area contributed by atoms with Gasteiger partial charge in [0.1, 0.15) is 11.3 Å². The zero-order chi connectivity index (χ0) is 24.3. The van der Waals surface area contributed by atoms with Gasteiger partial charge in [0.2, 0.25) is 0 Å². The summed E-state index contributed by atoms with van der Waals surface area (Å²) in [5.41, 5.74) is 2.42. The highest BCUT2D eigenvalue weighted by molar-refractivity contribution is 6.39. The van der Waals surface area contributed by atoms with E-state index in [9.17, 15) is 14.4 Å². The monoisotopic (exact) mass is 490 g/mol. The second kappa shape index (κ2) is 8.23. The molecule has 0 radical (unpaired) electrons. The fraction of sp³-hybridized carbons (Fsp3) is 0.393. The molecule has 0 spiro atoms. The van der Waals surface area contributed by atoms with Crippen LogP contribution in [0.3, 0.4) is 0 Å². The van der Waals surface area contributed by atoms with Gasteiger partial charge in [0.05, 0.1) is 17.8 Å². The molecule has 4 saturated carbocycles. The van der Waals surface area contributed by atoms with E-state index in [-0.39, 0.29) is 11.0 Å². The number of carbonyl (C=O) groups is 3. The number of nitrogens with one attached hydrogen (secondary N) is 1. The van der Waals surface area contributed by atoms with Crippen molar-refractivity contribution in [3.63, 3.8) is 0 Å². The number of anilines is 1. The van der Waals surface area contributed by atoms with Crippen molar-refractivity contribution in [2.45, 2.75) is 43.9 Å². The third-order valence-electron chi connectivity index (χ3n) is 8.36. The van der Waals surface area contributed by atoms with Crippen LogP contribution in [0.5, 0.6) is 5.75 Å². The number of benzene rings is 2. The molecule has 5 aliphatic rings. The van der Waals surface area contributed by atoms with Crippen LogP contribution in [-0.2, 0) is 15.0 Å². The van der Waals surface area contributed by atoms with Crippen LogP contribution in [-0.4, -0.2) is 25.0 Å². The Balaban J connectivity index is 1.28. The third-order valence-corrected chi connectivity index (χ3v) is 8.66. The lowest BCUT2D eigenvalue weighted by Gasteiger charge is -2.57. The lowest BCUT2D eigenvalue weighted by Crippen LogP contribution is -2.54. The number of hydrogen-bond donors (Lipinski definition) is 1. The van der Waals surface area contributed by atoms with Crippen LogP contribution in [0.25, 0.3) is 6.08 Å². The van der Waals surface area contributed by atoms with Gasteiger partial charge in [0.15, 0.2) is 0 Å². The molecule has 0 unspecified atom stereocenters. The van der Waals surface area contributed by atoms with Gasteiger partial charge in [0.25, 0.3) is 11.8 Å². The molecule has 4 aliphatic carbocycles. The summed E-state index contributed by atoms with van der Waals surface area (Å²) in [5, 5.41) is 2.65. The highest BCUT2D eigenvalue weighted by Crippen LogP contribution is 2.60. The molecule has 2 aromatic rings. The molecule has 7 heteroatoms. The van der Waals surface area contributed by atoms with Gasteiger partial charge >= 0.3 is 6.03 Å². The van der Waals surface area contributed by atoms with Gasteiger partial charge in [-0.05, 0) is 103 Å². The molecule has 5 fully saturated rings. The van der Waals surface area contributed by atoms with Gasteiger partial charge in [-0.25, -0.2) is 9.69 Å². The molecule has 35 heavy (non-hydrogen) atoms. The van der Waals surface area contributed by atoms with E-state index in [2.05, 4.69) is 17.4 Å². The minimum absolute atomic E-state index is 0.129. The summed E-state index contributed by atoms with van der Waals surface area (Å²) in [6, 6.07) is 12.0. The van der Waals surface area contributed by atoms with Crippen LogP contribution in [0, 0.1) is 17.8 Å². The quantitative estimate of drug-likeness (QED) is 0.454. The Labute approximate surface area is 209 Å². The summed E-state index contributed by atoms with van der Waals surface area (Å²) >= 11 is 6.19. The van der Waals surface area contributed by atoms with E-state index >= 15 is 0 Å². The van der Waals surface area contributed by atoms with E-state index in [4.69, 9.17) is 16.3 Å². The predicted molar refractivity (Wildman–Crippen MR) is 133 cm³/mol. The standard InChI is InChI=1S/C28H27ClN2O4/c1-35-24-7-2-16(12-23(24)29)11-22-25(32)30-27(34)31(26(22)33)21-5-3-20(4-6-21)28-13-17-8-18(14-28)10-19(9-17)15-28/h2-7,11-12,17-19H,8-10,13-15H2,1H3,(H,30,32,34)/b22-11-. The molecule has 0 aromatic heterocycles. The summed E-state index contributed by atoms with van der Waals surface area (Å²) in [6.45, 7) is 0. The summed E-state index contributed by atoms with van der Waals surface area (Å²) in [6.07, 6.45) is 9.30. The van der Waals surface area contributed by atoms with Crippen molar-refractivity contribution in [3.05, 3.63) is 64.2 Å². The van der Waals surface area contributed by atoms with Gasteiger partial charge in [0, 0.05) is 0 Å². The Morgan fingerprint density at radius 3 is 2.17 bits per heavy atom. The first-order valence-electron chi connectivity index (χ1n) is 12.2. The Hall–Kier alpha value is -3.12. The average molecular weight is 491 g/mol. The molecule has 1 N–H and O–H groups in total. The van der Waals surface area contributed by atoms with Crippen molar-refractivity contribution in [3.8, 4) is 5.75 Å². The molecule has 1 heterocycles. The lowest BCUT2D eigenvalue weighted by molar-refractivity contribution is -0.122. The molecule has 180 valence electrons. The maximum absolute atomic E-state index is 13.3. The van der Waals surface area contributed by atoms with Gasteiger partial charge < -0.3 is 4.74 Å².